The lowest BCUT2D eigenvalue weighted by atomic mass is 9.90. The monoisotopic (exact) mass is 780 g/mol. The van der Waals surface area contributed by atoms with Crippen LogP contribution in [0.5, 0.6) is 0 Å². The van der Waals surface area contributed by atoms with Crippen molar-refractivity contribution in [2.24, 2.45) is 0 Å². The van der Waals surface area contributed by atoms with E-state index in [0.717, 1.165) is 60.8 Å². The summed E-state index contributed by atoms with van der Waals surface area (Å²) in [5.41, 5.74) is 14.0. The molecule has 0 unspecified atom stereocenters. The maximum Gasteiger partial charge on any atom is 0.164 e. The molecule has 0 N–H and O–H groups in total. The third kappa shape index (κ3) is 6.88. The molecule has 11 rings (SSSR count). The smallest absolute Gasteiger partial charge is 0.164 e. The lowest BCUT2D eigenvalue weighted by Crippen LogP contribution is -2.01. The Morgan fingerprint density at radius 3 is 1.64 bits per heavy atom. The van der Waals surface area contributed by atoms with Crippen molar-refractivity contribution < 1.29 is 0 Å². The van der Waals surface area contributed by atoms with Gasteiger partial charge in [0.15, 0.2) is 17.5 Å². The fraction of sp³-hybridized carbons (Fsp3) is 0.0526. The number of nitrogens with zero attached hydrogens (tertiary/aromatic N) is 4. The lowest BCUT2D eigenvalue weighted by molar-refractivity contribution is 1.07. The van der Waals surface area contributed by atoms with Crippen LogP contribution in [0.2, 0.25) is 0 Å². The van der Waals surface area contributed by atoms with Crippen molar-refractivity contribution in [1.29, 1.82) is 0 Å². The van der Waals surface area contributed by atoms with Crippen LogP contribution in [0, 0.1) is 20.8 Å². The first-order valence-electron chi connectivity index (χ1n) is 20.8. The summed E-state index contributed by atoms with van der Waals surface area (Å²) in [6.07, 6.45) is 2.00. The average molecular weight is 781 g/mol. The fourth-order valence-electron chi connectivity index (χ4n) is 8.77. The summed E-state index contributed by atoms with van der Waals surface area (Å²) in [5.74, 6) is 1.87. The molecule has 4 nitrogen and oxygen atoms in total. The number of hydrogen-bond acceptors (Lipinski definition) is 4. The number of hydrogen-bond donors (Lipinski definition) is 0. The topological polar surface area (TPSA) is 51.6 Å². The SMILES string of the molecule is Cc1ccc(-c2nc(-c3cc(-c4ccc5cc(-c6cc(C)cc(C)c6)cnc5c4)cc(-c4cc5ccccc5c5ccccc45)c3)nc(-c3ccc4ccccc4c3)n2)cc1. The maximum atomic E-state index is 5.27. The average Bonchev–Trinajstić information content (AvgIpc) is 3.30. The molecule has 2 heterocycles. The van der Waals surface area contributed by atoms with E-state index in [2.05, 4.69) is 203 Å². The van der Waals surface area contributed by atoms with Crippen LogP contribution in [0.15, 0.2) is 188 Å². The van der Waals surface area contributed by atoms with Gasteiger partial charge in [0.1, 0.15) is 0 Å². The van der Waals surface area contributed by atoms with Gasteiger partial charge in [0.05, 0.1) is 5.52 Å². The molecule has 2 aromatic heterocycles. The predicted molar refractivity (Wildman–Crippen MR) is 254 cm³/mol. The van der Waals surface area contributed by atoms with Crippen molar-refractivity contribution in [1.82, 2.24) is 19.9 Å². The second-order valence-corrected chi connectivity index (χ2v) is 16.2. The minimum atomic E-state index is 0.610. The van der Waals surface area contributed by atoms with E-state index in [1.807, 2.05) is 6.20 Å². The van der Waals surface area contributed by atoms with Gasteiger partial charge in [-0.15, -0.1) is 0 Å². The van der Waals surface area contributed by atoms with Gasteiger partial charge in [0.2, 0.25) is 0 Å². The van der Waals surface area contributed by atoms with Gasteiger partial charge in [-0.1, -0.05) is 156 Å². The Hall–Kier alpha value is -7.82. The normalized spacial score (nSPS) is 11.5. The van der Waals surface area contributed by atoms with Crippen LogP contribution in [0.4, 0.5) is 0 Å². The Balaban J connectivity index is 1.13. The summed E-state index contributed by atoms with van der Waals surface area (Å²) in [7, 11) is 0. The third-order valence-electron chi connectivity index (χ3n) is 11.8. The van der Waals surface area contributed by atoms with Gasteiger partial charge >= 0.3 is 0 Å². The van der Waals surface area contributed by atoms with Crippen molar-refractivity contribution in [2.75, 3.05) is 0 Å². The van der Waals surface area contributed by atoms with E-state index < -0.39 is 0 Å². The van der Waals surface area contributed by atoms with E-state index >= 15 is 0 Å². The summed E-state index contributed by atoms with van der Waals surface area (Å²) in [6.45, 7) is 6.38. The molecule has 61 heavy (non-hydrogen) atoms. The molecule has 9 aromatic carbocycles. The van der Waals surface area contributed by atoms with E-state index in [0.29, 0.717) is 17.5 Å². The second kappa shape index (κ2) is 14.8. The zero-order chi connectivity index (χ0) is 41.0. The Kier molecular flexibility index (Phi) is 8.79. The van der Waals surface area contributed by atoms with E-state index in [1.54, 1.807) is 0 Å². The number of fused-ring (bicyclic) bond motifs is 5. The molecule has 0 fully saturated rings. The highest BCUT2D eigenvalue weighted by Crippen LogP contribution is 2.40. The molecule has 0 saturated heterocycles. The highest BCUT2D eigenvalue weighted by Gasteiger charge is 2.17. The van der Waals surface area contributed by atoms with Gasteiger partial charge < -0.3 is 0 Å². The van der Waals surface area contributed by atoms with Gasteiger partial charge in [-0.05, 0) is 123 Å². The van der Waals surface area contributed by atoms with Gasteiger partial charge in [0, 0.05) is 33.8 Å². The molecule has 11 aromatic rings. The highest BCUT2D eigenvalue weighted by molar-refractivity contribution is 6.14. The van der Waals surface area contributed by atoms with Gasteiger partial charge in [-0.3, -0.25) is 4.98 Å². The lowest BCUT2D eigenvalue weighted by Gasteiger charge is -2.15. The molecule has 0 amide bonds. The molecule has 0 spiro atoms. The molecular formula is C57H40N4. The molecule has 0 saturated carbocycles. The molecule has 0 aliphatic heterocycles. The molecule has 288 valence electrons. The van der Waals surface area contributed by atoms with Gasteiger partial charge in [-0.2, -0.15) is 0 Å². The Morgan fingerprint density at radius 2 is 0.852 bits per heavy atom. The number of aryl methyl sites for hydroxylation is 3. The first-order chi connectivity index (χ1) is 29.9. The van der Waals surface area contributed by atoms with Gasteiger partial charge in [0.25, 0.3) is 0 Å². The van der Waals surface area contributed by atoms with Crippen LogP contribution in [-0.4, -0.2) is 19.9 Å². The molecule has 0 atom stereocenters. The summed E-state index contributed by atoms with van der Waals surface area (Å²) < 4.78 is 0. The van der Waals surface area contributed by atoms with Gasteiger partial charge in [-0.25, -0.2) is 15.0 Å². The summed E-state index contributed by atoms with van der Waals surface area (Å²) >= 11 is 0. The zero-order valence-electron chi connectivity index (χ0n) is 34.2. The Bertz CT molecular complexity index is 3490. The third-order valence-corrected chi connectivity index (χ3v) is 11.8. The first-order valence-corrected chi connectivity index (χ1v) is 20.8. The molecule has 0 aliphatic rings. The van der Waals surface area contributed by atoms with E-state index in [-0.39, 0.29) is 0 Å². The van der Waals surface area contributed by atoms with E-state index in [9.17, 15) is 0 Å². The van der Waals surface area contributed by atoms with Crippen molar-refractivity contribution in [3.63, 3.8) is 0 Å². The number of rotatable bonds is 6. The molecule has 4 heteroatoms. The number of benzene rings is 9. The van der Waals surface area contributed by atoms with Crippen LogP contribution in [0.25, 0.3) is 111 Å². The van der Waals surface area contributed by atoms with Crippen LogP contribution in [0.1, 0.15) is 16.7 Å². The standard InChI is InChI=1S/C57H40N4/c1-35-16-18-39(19-17-35)55-59-56(44-23-20-38-10-4-5-11-40(38)27-44)61-57(60-55)48-30-46(29-47(31-48)53-32-42-12-6-7-13-50(42)51-14-8-9-15-52(51)53)41-21-22-43-28-49(34-58-54(43)33-41)45-25-36(2)24-37(3)26-45/h4-34H,1-3H3. The van der Waals surface area contributed by atoms with Crippen molar-refractivity contribution >= 4 is 43.2 Å². The minimum absolute atomic E-state index is 0.610. The molecular weight excluding hydrogens is 741 g/mol. The maximum absolute atomic E-state index is 5.27. The first kappa shape index (κ1) is 36.3. The molecule has 0 bridgehead atoms. The van der Waals surface area contributed by atoms with Crippen molar-refractivity contribution in [3.8, 4) is 67.5 Å². The Labute approximate surface area is 354 Å². The molecule has 0 aliphatic carbocycles. The number of aromatic nitrogens is 4. The van der Waals surface area contributed by atoms with Crippen LogP contribution >= 0.6 is 0 Å². The molecule has 0 radical (unpaired) electrons. The summed E-state index contributed by atoms with van der Waals surface area (Å²) in [5, 5.41) is 8.24. The van der Waals surface area contributed by atoms with Crippen LogP contribution in [0.3, 0.4) is 0 Å². The second-order valence-electron chi connectivity index (χ2n) is 16.2. The quantitative estimate of drug-likeness (QED) is 0.158. The van der Waals surface area contributed by atoms with Crippen molar-refractivity contribution in [3.05, 3.63) is 205 Å². The summed E-state index contributed by atoms with van der Waals surface area (Å²) in [6, 6.07) is 65.2. The van der Waals surface area contributed by atoms with Crippen molar-refractivity contribution in [2.45, 2.75) is 20.8 Å². The predicted octanol–water partition coefficient (Wildman–Crippen LogP) is 14.8. The largest absolute Gasteiger partial charge is 0.256 e. The minimum Gasteiger partial charge on any atom is -0.256 e. The van der Waals surface area contributed by atoms with Crippen LogP contribution in [-0.2, 0) is 0 Å². The number of pyridine rings is 1. The van der Waals surface area contributed by atoms with Crippen LogP contribution < -0.4 is 0 Å². The zero-order valence-corrected chi connectivity index (χ0v) is 34.2. The fourth-order valence-corrected chi connectivity index (χ4v) is 8.77. The van der Waals surface area contributed by atoms with E-state index in [4.69, 9.17) is 19.9 Å². The highest BCUT2D eigenvalue weighted by atomic mass is 15.0. The van der Waals surface area contributed by atoms with E-state index in [1.165, 1.54) is 49.2 Å². The summed E-state index contributed by atoms with van der Waals surface area (Å²) in [4.78, 5) is 20.6. The Morgan fingerprint density at radius 1 is 0.295 bits per heavy atom.